The molecule has 0 saturated heterocycles. The molecule has 0 saturated carbocycles. The number of nitrogens with zero attached hydrogens (tertiary/aromatic N) is 1. The molecule has 4 nitrogen and oxygen atoms in total. The maximum absolute atomic E-state index is 9.05. The van der Waals surface area contributed by atoms with Crippen LogP contribution in [0.5, 0.6) is 0 Å². The minimum Gasteiger partial charge on any atom is -0.386 e. The van der Waals surface area contributed by atoms with Crippen molar-refractivity contribution in [1.82, 2.24) is 0 Å². The summed E-state index contributed by atoms with van der Waals surface area (Å²) in [7, 11) is 1.55. The van der Waals surface area contributed by atoms with Gasteiger partial charge in [-0.25, -0.2) is 0 Å². The predicted molar refractivity (Wildman–Crippen MR) is 44.5 cm³/mol. The molecule has 0 heterocycles. The summed E-state index contributed by atoms with van der Waals surface area (Å²) in [5.41, 5.74) is -0.442. The van der Waals surface area contributed by atoms with Crippen LogP contribution in [-0.2, 0) is 0 Å². The molecule has 1 unspecified atom stereocenters. The summed E-state index contributed by atoms with van der Waals surface area (Å²) in [6.07, 6.45) is 0.569. The Morgan fingerprint density at radius 1 is 1.18 bits per heavy atom. The summed E-state index contributed by atoms with van der Waals surface area (Å²) in [6.45, 7) is 1.83. The molecule has 5 heteroatoms. The molecule has 1 atom stereocenters. The highest BCUT2D eigenvalue weighted by molar-refractivity contribution is 6.57. The summed E-state index contributed by atoms with van der Waals surface area (Å²) in [4.78, 5) is 27.1. The fourth-order valence-electron chi connectivity index (χ4n) is 1.34. The van der Waals surface area contributed by atoms with Crippen LogP contribution in [0, 0.1) is 0 Å². The molecule has 0 aromatic heterocycles. The molecule has 0 fully saturated rings. The van der Waals surface area contributed by atoms with Gasteiger partial charge in [0.1, 0.15) is 0 Å². The Hall–Kier alpha value is 0.0569. The van der Waals surface area contributed by atoms with Crippen LogP contribution in [0.25, 0.3) is 0 Å². The minimum absolute atomic E-state index is 0.381. The number of hydrogen-bond donors (Lipinski definition) is 3. The molecule has 0 aliphatic rings. The van der Waals surface area contributed by atoms with E-state index in [9.17, 15) is 0 Å². The van der Waals surface area contributed by atoms with Gasteiger partial charge in [0.2, 0.25) is 0 Å². The maximum atomic E-state index is 9.05. The van der Waals surface area contributed by atoms with Gasteiger partial charge in [-0.15, -0.1) is 0 Å². The third kappa shape index (κ3) is 3.30. The Kier molecular flexibility index (Phi) is 3.22. The van der Waals surface area contributed by atoms with Crippen LogP contribution < -0.4 is 0 Å². The van der Waals surface area contributed by atoms with Crippen molar-refractivity contribution in [1.29, 1.82) is 0 Å². The highest BCUT2D eigenvalue weighted by Crippen LogP contribution is 2.13. The summed E-state index contributed by atoms with van der Waals surface area (Å²) >= 11 is 0. The number of quaternary nitrogens is 1. The quantitative estimate of drug-likeness (QED) is 0.383. The summed E-state index contributed by atoms with van der Waals surface area (Å²) in [5.74, 6) is 0. The topological polar surface area (TPSA) is 60.7 Å². The zero-order valence-corrected chi connectivity index (χ0v) is 8.57. The average molecular weight is 180 g/mol. The second-order valence-electron chi connectivity index (χ2n) is 3.73. The van der Waals surface area contributed by atoms with Crippen molar-refractivity contribution in [2.75, 3.05) is 21.1 Å². The van der Waals surface area contributed by atoms with Gasteiger partial charge >= 0.3 is 8.80 Å². The molecular weight excluding hydrogens is 162 g/mol. The monoisotopic (exact) mass is 180 g/mol. The lowest BCUT2D eigenvalue weighted by Gasteiger charge is -2.35. The lowest BCUT2D eigenvalue weighted by molar-refractivity contribution is -0.886. The lowest BCUT2D eigenvalue weighted by atomic mass is 10.4. The Balaban J connectivity index is 4.43. The van der Waals surface area contributed by atoms with Crippen LogP contribution in [0.3, 0.4) is 0 Å². The molecule has 0 radical (unpaired) electrons. The first kappa shape index (κ1) is 11.1. The van der Waals surface area contributed by atoms with Crippen LogP contribution in [0.4, 0.5) is 0 Å². The van der Waals surface area contributed by atoms with Gasteiger partial charge in [-0.05, 0) is 0 Å². The third-order valence-corrected chi connectivity index (χ3v) is 3.85. The zero-order chi connectivity index (χ0) is 9.28. The van der Waals surface area contributed by atoms with Crippen molar-refractivity contribution in [3.05, 3.63) is 0 Å². The molecule has 0 aromatic carbocycles. The first-order valence-corrected chi connectivity index (χ1v) is 5.59. The van der Waals surface area contributed by atoms with E-state index in [0.717, 1.165) is 0 Å². The highest BCUT2D eigenvalue weighted by atomic mass is 28.4. The highest BCUT2D eigenvalue weighted by Gasteiger charge is 2.47. The SMILES string of the molecule is CCC([N+](C)(C)C)[Si](O)(O)O. The Bertz CT molecular complexity index is 113. The molecule has 3 N–H and O–H groups in total. The maximum Gasteiger partial charge on any atom is 0.554 e. The van der Waals surface area contributed by atoms with Crippen LogP contribution in [-0.4, -0.2) is 54.5 Å². The standard InChI is InChI=1S/C6H18NO3Si/c1-5-6(7(2,3)4)11(8,9)10/h6,8-10H,5H2,1-4H3/q+1. The van der Waals surface area contributed by atoms with Gasteiger partial charge in [0.25, 0.3) is 0 Å². The Labute approximate surface area is 68.7 Å². The fourth-order valence-corrected chi connectivity index (χ4v) is 2.93. The van der Waals surface area contributed by atoms with Crippen molar-refractivity contribution in [3.8, 4) is 0 Å². The molecule has 0 bridgehead atoms. The van der Waals surface area contributed by atoms with E-state index in [0.29, 0.717) is 10.9 Å². The average Bonchev–Trinajstić information content (AvgIpc) is 1.56. The van der Waals surface area contributed by atoms with Crippen LogP contribution >= 0.6 is 0 Å². The lowest BCUT2D eigenvalue weighted by Crippen LogP contribution is -2.62. The first-order chi connectivity index (χ1) is 4.69. The largest absolute Gasteiger partial charge is 0.554 e. The normalized spacial score (nSPS) is 16.6. The summed E-state index contributed by atoms with van der Waals surface area (Å²) < 4.78 is 0.381. The van der Waals surface area contributed by atoms with E-state index < -0.39 is 14.5 Å². The van der Waals surface area contributed by atoms with E-state index in [1.807, 2.05) is 28.1 Å². The zero-order valence-electron chi connectivity index (χ0n) is 7.57. The minimum atomic E-state index is -3.95. The molecule has 0 aromatic rings. The van der Waals surface area contributed by atoms with Crippen molar-refractivity contribution < 1.29 is 18.9 Å². The van der Waals surface area contributed by atoms with Gasteiger partial charge in [0.15, 0.2) is 5.67 Å². The molecule has 68 valence electrons. The Morgan fingerprint density at radius 2 is 1.55 bits per heavy atom. The second kappa shape index (κ2) is 3.20. The molecule has 0 spiro atoms. The molecular formula is C6H18NO3Si+. The van der Waals surface area contributed by atoms with E-state index in [2.05, 4.69) is 0 Å². The predicted octanol–water partition coefficient (Wildman–Crippen LogP) is -1.07. The molecule has 0 rings (SSSR count). The van der Waals surface area contributed by atoms with Gasteiger partial charge < -0.3 is 18.9 Å². The van der Waals surface area contributed by atoms with Crippen molar-refractivity contribution in [3.63, 3.8) is 0 Å². The van der Waals surface area contributed by atoms with E-state index in [4.69, 9.17) is 14.4 Å². The van der Waals surface area contributed by atoms with Gasteiger partial charge in [-0.3, -0.25) is 0 Å². The van der Waals surface area contributed by atoms with Gasteiger partial charge in [-0.1, -0.05) is 6.92 Å². The van der Waals surface area contributed by atoms with Crippen LogP contribution in [0.1, 0.15) is 13.3 Å². The van der Waals surface area contributed by atoms with Gasteiger partial charge in [-0.2, -0.15) is 0 Å². The van der Waals surface area contributed by atoms with E-state index in [-0.39, 0.29) is 0 Å². The first-order valence-electron chi connectivity index (χ1n) is 3.67. The molecule has 0 aliphatic heterocycles. The molecule has 11 heavy (non-hydrogen) atoms. The second-order valence-corrected chi connectivity index (χ2v) is 5.77. The van der Waals surface area contributed by atoms with E-state index >= 15 is 0 Å². The number of rotatable bonds is 3. The Morgan fingerprint density at radius 3 is 1.55 bits per heavy atom. The molecule has 0 aliphatic carbocycles. The van der Waals surface area contributed by atoms with E-state index in [1.54, 1.807) is 0 Å². The van der Waals surface area contributed by atoms with Crippen LogP contribution in [0.2, 0.25) is 0 Å². The van der Waals surface area contributed by atoms with Gasteiger partial charge in [0.05, 0.1) is 21.1 Å². The van der Waals surface area contributed by atoms with Crippen LogP contribution in [0.15, 0.2) is 0 Å². The van der Waals surface area contributed by atoms with Crippen molar-refractivity contribution in [2.45, 2.75) is 19.0 Å². The smallest absolute Gasteiger partial charge is 0.386 e. The third-order valence-electron chi connectivity index (χ3n) is 1.77. The van der Waals surface area contributed by atoms with E-state index in [1.165, 1.54) is 0 Å². The number of hydrogen-bond acceptors (Lipinski definition) is 3. The molecule has 0 amide bonds. The van der Waals surface area contributed by atoms with Crippen molar-refractivity contribution in [2.24, 2.45) is 0 Å². The fraction of sp³-hybridized carbons (Fsp3) is 1.00. The van der Waals surface area contributed by atoms with Crippen molar-refractivity contribution >= 4 is 8.80 Å². The summed E-state index contributed by atoms with van der Waals surface area (Å²) in [5, 5.41) is 0. The van der Waals surface area contributed by atoms with Gasteiger partial charge in [0, 0.05) is 6.42 Å². The summed E-state index contributed by atoms with van der Waals surface area (Å²) in [6, 6.07) is 0.